The summed E-state index contributed by atoms with van der Waals surface area (Å²) in [4.78, 5) is 7.40. The Labute approximate surface area is 182 Å². The minimum Gasteiger partial charge on any atom is -0.419 e. The Morgan fingerprint density at radius 1 is 1.00 bits per heavy atom. The van der Waals surface area contributed by atoms with E-state index in [1.54, 1.807) is 0 Å². The van der Waals surface area contributed by atoms with Gasteiger partial charge in [0, 0.05) is 0 Å². The monoisotopic (exact) mass is 328 g/mol. The molecule has 1 aromatic heterocycles. The van der Waals surface area contributed by atoms with Gasteiger partial charge in [0.15, 0.2) is 0 Å². The maximum absolute atomic E-state index is 4.27. The number of hydrogen-bond donors (Lipinski definition) is 1. The zero-order chi connectivity index (χ0) is 8.72. The smallest absolute Gasteiger partial charge is 0.419 e. The molecule has 0 fully saturated rings. The van der Waals surface area contributed by atoms with Gasteiger partial charge in [-0.3, -0.25) is 23.3 Å². The van der Waals surface area contributed by atoms with Crippen LogP contribution in [-0.4, -0.2) is 9.97 Å². The predicted octanol–water partition coefficient (Wildman–Crippen LogP) is -3.90. The molecule has 0 aliphatic heterocycles. The number of rotatable bonds is 0. The summed E-state index contributed by atoms with van der Waals surface area (Å²) >= 11 is 0. The van der Waals surface area contributed by atoms with E-state index in [1.165, 1.54) is 0 Å². The van der Waals surface area contributed by atoms with Crippen LogP contribution in [0.5, 0.6) is 0 Å². The summed E-state index contributed by atoms with van der Waals surface area (Å²) in [5.41, 5.74) is 4.09. The molecule has 0 amide bonds. The fourth-order valence-electron chi connectivity index (χ4n) is 1.23. The molecule has 0 unspecified atom stereocenters. The number of aryl methyl sites for hydroxylation is 3. The largest absolute Gasteiger partial charge is 1.00 e. The van der Waals surface area contributed by atoms with Crippen molar-refractivity contribution in [2.24, 2.45) is 0 Å². The van der Waals surface area contributed by atoms with Gasteiger partial charge < -0.3 is 9.97 Å². The number of aromatic amines is 1. The Kier molecular flexibility index (Phi) is 8.03. The van der Waals surface area contributed by atoms with Gasteiger partial charge in [-0.1, -0.05) is 0 Å². The number of imidazole rings is 1. The second-order valence-electron chi connectivity index (χ2n) is 3.05. The molecule has 0 saturated carbocycles. The first kappa shape index (κ1) is 16.3. The van der Waals surface area contributed by atoms with Gasteiger partial charge in [0.25, 0.3) is 0 Å². The quantitative estimate of drug-likeness (QED) is 0.492. The second-order valence-corrected chi connectivity index (χ2v) is 3.05. The molecule has 14 heavy (non-hydrogen) atoms. The normalized spacial score (nSPS) is 9.36. The van der Waals surface area contributed by atoms with Crippen molar-refractivity contribution in [3.63, 3.8) is 0 Å². The molecule has 1 aromatic carbocycles. The molecule has 0 atom stereocenters. The fourth-order valence-corrected chi connectivity index (χ4v) is 1.23. The van der Waals surface area contributed by atoms with Crippen molar-refractivity contribution in [2.75, 3.05) is 0 Å². The molecule has 2 nitrogen and oxygen atoms in total. The number of benzene rings is 1. The van der Waals surface area contributed by atoms with E-state index in [2.05, 4.69) is 22.1 Å². The van der Waals surface area contributed by atoms with Crippen molar-refractivity contribution in [3.8, 4) is 0 Å². The molecule has 62 valence electrons. The molecule has 1 heterocycles. The fraction of sp³-hybridized carbons (Fsp3) is 0.300. The van der Waals surface area contributed by atoms with E-state index in [1.807, 2.05) is 20.8 Å². The van der Waals surface area contributed by atoms with Crippen LogP contribution in [0, 0.1) is 32.9 Å². The van der Waals surface area contributed by atoms with Crippen LogP contribution in [0.3, 0.4) is 0 Å². The Balaban J connectivity index is 0.000000845. The van der Waals surface area contributed by atoms with Crippen LogP contribution < -0.4 is 116 Å². The molecule has 0 bridgehead atoms. The summed E-state index contributed by atoms with van der Waals surface area (Å²) in [6.45, 7) is 5.99. The summed E-state index contributed by atoms with van der Waals surface area (Å²) in [6.07, 6.45) is 0. The third-order valence-electron chi connectivity index (χ3n) is 2.00. The molecule has 0 aliphatic carbocycles. The number of nitrogens with one attached hydrogen (secondary N) is 1. The van der Waals surface area contributed by atoms with Gasteiger partial charge in [-0.05, 0) is 6.92 Å². The van der Waals surface area contributed by atoms with Crippen LogP contribution in [0.4, 0.5) is 0 Å². The molecular weight excluding hydrogens is 319 g/mol. The van der Waals surface area contributed by atoms with Crippen molar-refractivity contribution >= 4 is 11.0 Å². The van der Waals surface area contributed by atoms with Gasteiger partial charge in [0.2, 0.25) is 0 Å². The maximum Gasteiger partial charge on any atom is 1.00 e. The topological polar surface area (TPSA) is 28.7 Å². The molecule has 2 rings (SSSR count). The first-order chi connectivity index (χ1) is 5.66. The van der Waals surface area contributed by atoms with Crippen LogP contribution in [0.2, 0.25) is 0 Å². The van der Waals surface area contributed by atoms with Crippen molar-refractivity contribution in [3.05, 3.63) is 29.1 Å². The molecular formula is C10H10N2Rb2. The van der Waals surface area contributed by atoms with Crippen molar-refractivity contribution in [1.82, 2.24) is 9.97 Å². The van der Waals surface area contributed by atoms with E-state index in [0.717, 1.165) is 28.0 Å². The van der Waals surface area contributed by atoms with Crippen molar-refractivity contribution in [2.45, 2.75) is 20.8 Å². The van der Waals surface area contributed by atoms with E-state index in [9.17, 15) is 0 Å². The van der Waals surface area contributed by atoms with Gasteiger partial charge >= 0.3 is 116 Å². The predicted molar refractivity (Wildman–Crippen MR) is 48.0 cm³/mol. The Morgan fingerprint density at radius 2 is 1.57 bits per heavy atom. The maximum atomic E-state index is 4.27. The SMILES string of the molecule is Cc1nc2[c-]c(C)c(C)[c-]c2[nH]1.[Rb+].[Rb+]. The molecule has 0 aliphatic rings. The van der Waals surface area contributed by atoms with E-state index in [-0.39, 0.29) is 116 Å². The average molecular weight is 329 g/mol. The first-order valence-corrected chi connectivity index (χ1v) is 3.95. The summed E-state index contributed by atoms with van der Waals surface area (Å²) < 4.78 is 0. The Hall–Kier alpha value is 2.30. The molecule has 0 spiro atoms. The van der Waals surface area contributed by atoms with E-state index < -0.39 is 0 Å². The molecule has 2 aromatic rings. The van der Waals surface area contributed by atoms with Crippen LogP contribution in [0.1, 0.15) is 17.0 Å². The third-order valence-corrected chi connectivity index (χ3v) is 2.00. The van der Waals surface area contributed by atoms with Crippen molar-refractivity contribution in [1.29, 1.82) is 0 Å². The Morgan fingerprint density at radius 3 is 2.21 bits per heavy atom. The second kappa shape index (κ2) is 6.90. The zero-order valence-electron chi connectivity index (χ0n) is 9.45. The van der Waals surface area contributed by atoms with Gasteiger partial charge in [-0.25, -0.2) is 0 Å². The summed E-state index contributed by atoms with van der Waals surface area (Å²) in [7, 11) is 0. The van der Waals surface area contributed by atoms with Crippen LogP contribution >= 0.6 is 0 Å². The van der Waals surface area contributed by atoms with Crippen LogP contribution in [0.15, 0.2) is 0 Å². The number of fused-ring (bicyclic) bond motifs is 1. The first-order valence-electron chi connectivity index (χ1n) is 3.95. The van der Waals surface area contributed by atoms with Gasteiger partial charge in [0.05, 0.1) is 5.82 Å². The third kappa shape index (κ3) is 3.66. The minimum atomic E-state index is 0. The van der Waals surface area contributed by atoms with Crippen molar-refractivity contribution < 1.29 is 116 Å². The van der Waals surface area contributed by atoms with Gasteiger partial charge in [-0.15, -0.1) is 19.4 Å². The summed E-state index contributed by atoms with van der Waals surface area (Å²) in [6, 6.07) is 6.43. The number of hydrogen-bond acceptors (Lipinski definition) is 1. The molecule has 4 heteroatoms. The van der Waals surface area contributed by atoms with E-state index >= 15 is 0 Å². The Bertz CT molecular complexity index is 396. The molecule has 1 N–H and O–H groups in total. The van der Waals surface area contributed by atoms with E-state index in [0.29, 0.717) is 0 Å². The summed E-state index contributed by atoms with van der Waals surface area (Å²) in [5.74, 6) is 0.919. The average Bonchev–Trinajstić information content (AvgIpc) is 2.30. The molecule has 0 radical (unpaired) electrons. The van der Waals surface area contributed by atoms with Gasteiger partial charge in [0.1, 0.15) is 0 Å². The number of aromatic nitrogens is 2. The molecule has 0 saturated heterocycles. The zero-order valence-corrected chi connectivity index (χ0v) is 19.3. The number of H-pyrrole nitrogens is 1. The minimum absolute atomic E-state index is 0. The standard InChI is InChI=1S/C10H10N2.2Rb/c1-6-4-9-10(5-7(6)2)12-8(3)11-9;;/h1-3H3,(H,11,12);;/q-2;2*+1. The van der Waals surface area contributed by atoms with Crippen LogP contribution in [-0.2, 0) is 0 Å². The van der Waals surface area contributed by atoms with Gasteiger partial charge in [-0.2, -0.15) is 5.52 Å². The van der Waals surface area contributed by atoms with E-state index in [4.69, 9.17) is 0 Å². The number of nitrogens with zero attached hydrogens (tertiary/aromatic N) is 1. The summed E-state index contributed by atoms with van der Waals surface area (Å²) in [5, 5.41) is 0. The van der Waals surface area contributed by atoms with Crippen LogP contribution in [0.25, 0.3) is 11.0 Å².